The van der Waals surface area contributed by atoms with E-state index in [4.69, 9.17) is 5.73 Å². The zero-order valence-electron chi connectivity index (χ0n) is 10.0. The van der Waals surface area contributed by atoms with Gasteiger partial charge in [0.15, 0.2) is 0 Å². The number of rotatable bonds is 3. The maximum atomic E-state index is 13.1. The molecule has 0 saturated carbocycles. The number of anilines is 2. The van der Waals surface area contributed by atoms with Crippen LogP contribution in [-0.2, 0) is 6.54 Å². The standard InChI is InChI=1S/C14H14BrFN2/c1-18(13-4-2-3-11(16)7-13)9-10-5-6-12(17)8-14(10)15/h2-8H,9,17H2,1H3. The average molecular weight is 309 g/mol. The Labute approximate surface area is 114 Å². The fourth-order valence-electron chi connectivity index (χ4n) is 1.75. The highest BCUT2D eigenvalue weighted by Gasteiger charge is 2.06. The third kappa shape index (κ3) is 3.01. The van der Waals surface area contributed by atoms with Crippen LogP contribution < -0.4 is 10.6 Å². The van der Waals surface area contributed by atoms with E-state index in [0.717, 1.165) is 21.4 Å². The van der Waals surface area contributed by atoms with Crippen molar-refractivity contribution in [3.8, 4) is 0 Å². The summed E-state index contributed by atoms with van der Waals surface area (Å²) in [6.07, 6.45) is 0. The molecule has 2 aromatic carbocycles. The van der Waals surface area contributed by atoms with Crippen LogP contribution in [0.3, 0.4) is 0 Å². The lowest BCUT2D eigenvalue weighted by Gasteiger charge is -2.20. The van der Waals surface area contributed by atoms with Crippen LogP contribution >= 0.6 is 15.9 Å². The summed E-state index contributed by atoms with van der Waals surface area (Å²) in [6, 6.07) is 12.2. The molecule has 0 bridgehead atoms. The molecule has 2 nitrogen and oxygen atoms in total. The van der Waals surface area contributed by atoms with Crippen LogP contribution in [-0.4, -0.2) is 7.05 Å². The average Bonchev–Trinajstić information content (AvgIpc) is 2.32. The summed E-state index contributed by atoms with van der Waals surface area (Å²) in [6.45, 7) is 0.685. The van der Waals surface area contributed by atoms with E-state index in [0.29, 0.717) is 6.54 Å². The fourth-order valence-corrected chi connectivity index (χ4v) is 2.27. The fraction of sp³-hybridized carbons (Fsp3) is 0.143. The van der Waals surface area contributed by atoms with Crippen molar-refractivity contribution in [3.63, 3.8) is 0 Å². The van der Waals surface area contributed by atoms with Crippen LogP contribution in [0.2, 0.25) is 0 Å². The molecule has 2 N–H and O–H groups in total. The summed E-state index contributed by atoms with van der Waals surface area (Å²) < 4.78 is 14.1. The van der Waals surface area contributed by atoms with Crippen LogP contribution in [0.15, 0.2) is 46.9 Å². The van der Waals surface area contributed by atoms with Crippen LogP contribution in [0.4, 0.5) is 15.8 Å². The van der Waals surface area contributed by atoms with Crippen LogP contribution in [0, 0.1) is 5.82 Å². The van der Waals surface area contributed by atoms with Gasteiger partial charge in [0.1, 0.15) is 5.82 Å². The molecule has 0 heterocycles. The Bertz CT molecular complexity index is 557. The second kappa shape index (κ2) is 5.40. The molecule has 2 aromatic rings. The topological polar surface area (TPSA) is 29.3 Å². The van der Waals surface area contributed by atoms with Crippen molar-refractivity contribution in [2.24, 2.45) is 0 Å². The first-order chi connectivity index (χ1) is 8.56. The molecule has 2 rings (SSSR count). The normalized spacial score (nSPS) is 10.4. The van der Waals surface area contributed by atoms with Crippen molar-refractivity contribution in [2.45, 2.75) is 6.54 Å². The minimum atomic E-state index is -0.226. The molecule has 0 amide bonds. The summed E-state index contributed by atoms with van der Waals surface area (Å²) in [5.74, 6) is -0.226. The van der Waals surface area contributed by atoms with Gasteiger partial charge in [-0.3, -0.25) is 0 Å². The predicted octanol–water partition coefficient (Wildman–Crippen LogP) is 3.81. The minimum Gasteiger partial charge on any atom is -0.399 e. The van der Waals surface area contributed by atoms with Crippen molar-refractivity contribution in [1.82, 2.24) is 0 Å². The number of nitrogens with zero attached hydrogens (tertiary/aromatic N) is 1. The predicted molar refractivity (Wildman–Crippen MR) is 77.1 cm³/mol. The second-order valence-corrected chi connectivity index (χ2v) is 5.04. The van der Waals surface area contributed by atoms with Crippen LogP contribution in [0.25, 0.3) is 0 Å². The van der Waals surface area contributed by atoms with E-state index in [1.54, 1.807) is 6.07 Å². The van der Waals surface area contributed by atoms with Crippen LogP contribution in [0.1, 0.15) is 5.56 Å². The highest BCUT2D eigenvalue weighted by atomic mass is 79.9. The number of nitrogen functional groups attached to an aromatic ring is 1. The third-order valence-electron chi connectivity index (χ3n) is 2.73. The summed E-state index contributed by atoms with van der Waals surface area (Å²) >= 11 is 3.48. The Morgan fingerprint density at radius 1 is 1.22 bits per heavy atom. The summed E-state index contributed by atoms with van der Waals surface area (Å²) in [4.78, 5) is 1.99. The molecule has 0 radical (unpaired) electrons. The van der Waals surface area contributed by atoms with Gasteiger partial charge in [-0.15, -0.1) is 0 Å². The minimum absolute atomic E-state index is 0.226. The lowest BCUT2D eigenvalue weighted by molar-refractivity contribution is 0.627. The van der Waals surface area contributed by atoms with Crippen molar-refractivity contribution >= 4 is 27.3 Å². The van der Waals surface area contributed by atoms with E-state index in [9.17, 15) is 4.39 Å². The molecule has 4 heteroatoms. The maximum absolute atomic E-state index is 13.1. The van der Waals surface area contributed by atoms with E-state index in [1.165, 1.54) is 12.1 Å². The first kappa shape index (κ1) is 12.9. The number of nitrogens with two attached hydrogens (primary N) is 1. The van der Waals surface area contributed by atoms with E-state index in [1.807, 2.05) is 36.2 Å². The smallest absolute Gasteiger partial charge is 0.125 e. The van der Waals surface area contributed by atoms with Gasteiger partial charge in [-0.05, 0) is 35.9 Å². The first-order valence-electron chi connectivity index (χ1n) is 5.57. The Kier molecular flexibility index (Phi) is 3.87. The van der Waals surface area contributed by atoms with Gasteiger partial charge in [0.2, 0.25) is 0 Å². The van der Waals surface area contributed by atoms with Gasteiger partial charge in [-0.25, -0.2) is 4.39 Å². The van der Waals surface area contributed by atoms with Crippen molar-refractivity contribution in [1.29, 1.82) is 0 Å². The van der Waals surface area contributed by atoms with Crippen molar-refractivity contribution in [2.75, 3.05) is 17.7 Å². The van der Waals surface area contributed by atoms with E-state index < -0.39 is 0 Å². The van der Waals surface area contributed by atoms with Crippen LogP contribution in [0.5, 0.6) is 0 Å². The molecule has 0 aromatic heterocycles. The third-order valence-corrected chi connectivity index (χ3v) is 3.47. The molecule has 0 unspecified atom stereocenters. The van der Waals surface area contributed by atoms with Gasteiger partial charge in [0.25, 0.3) is 0 Å². The van der Waals surface area contributed by atoms with Gasteiger partial charge < -0.3 is 10.6 Å². The molecule has 94 valence electrons. The molecule has 0 spiro atoms. The largest absolute Gasteiger partial charge is 0.399 e. The molecule has 0 aliphatic carbocycles. The number of halogens is 2. The number of hydrogen-bond acceptors (Lipinski definition) is 2. The zero-order chi connectivity index (χ0) is 13.1. The first-order valence-corrected chi connectivity index (χ1v) is 6.36. The van der Waals surface area contributed by atoms with Crippen molar-refractivity contribution in [3.05, 3.63) is 58.3 Å². The van der Waals surface area contributed by atoms with Crippen molar-refractivity contribution < 1.29 is 4.39 Å². The molecule has 0 aliphatic rings. The van der Waals surface area contributed by atoms with Gasteiger partial charge in [-0.2, -0.15) is 0 Å². The molecule has 18 heavy (non-hydrogen) atoms. The monoisotopic (exact) mass is 308 g/mol. The van der Waals surface area contributed by atoms with Gasteiger partial charge in [0.05, 0.1) is 0 Å². The number of hydrogen-bond donors (Lipinski definition) is 1. The summed E-state index contributed by atoms with van der Waals surface area (Å²) in [7, 11) is 1.93. The molecular formula is C14H14BrFN2. The Morgan fingerprint density at radius 2 is 2.00 bits per heavy atom. The lowest BCUT2D eigenvalue weighted by atomic mass is 10.2. The molecule has 0 aliphatic heterocycles. The molecule has 0 atom stereocenters. The number of benzene rings is 2. The zero-order valence-corrected chi connectivity index (χ0v) is 11.6. The highest BCUT2D eigenvalue weighted by molar-refractivity contribution is 9.10. The van der Waals surface area contributed by atoms with Gasteiger partial charge in [-0.1, -0.05) is 28.1 Å². The Morgan fingerprint density at radius 3 is 2.67 bits per heavy atom. The molecule has 0 saturated heterocycles. The summed E-state index contributed by atoms with van der Waals surface area (Å²) in [5.41, 5.74) is 8.37. The second-order valence-electron chi connectivity index (χ2n) is 4.19. The summed E-state index contributed by atoms with van der Waals surface area (Å²) in [5, 5.41) is 0. The Hall–Kier alpha value is -1.55. The molecular weight excluding hydrogens is 295 g/mol. The maximum Gasteiger partial charge on any atom is 0.125 e. The highest BCUT2D eigenvalue weighted by Crippen LogP contribution is 2.23. The van der Waals surface area contributed by atoms with E-state index in [2.05, 4.69) is 15.9 Å². The van der Waals surface area contributed by atoms with E-state index in [-0.39, 0.29) is 5.82 Å². The lowest BCUT2D eigenvalue weighted by Crippen LogP contribution is -2.16. The van der Waals surface area contributed by atoms with Gasteiger partial charge >= 0.3 is 0 Å². The van der Waals surface area contributed by atoms with E-state index >= 15 is 0 Å². The Balaban J connectivity index is 2.18. The molecule has 0 fully saturated rings. The SMILES string of the molecule is CN(Cc1ccc(N)cc1Br)c1cccc(F)c1. The quantitative estimate of drug-likeness (QED) is 0.874. The van der Waals surface area contributed by atoms with Gasteiger partial charge in [0, 0.05) is 29.4 Å².